The van der Waals surface area contributed by atoms with Gasteiger partial charge in [0.2, 0.25) is 0 Å². The van der Waals surface area contributed by atoms with Crippen LogP contribution in [-0.2, 0) is 0 Å². The van der Waals surface area contributed by atoms with E-state index in [9.17, 15) is 0 Å². The van der Waals surface area contributed by atoms with Gasteiger partial charge in [0.1, 0.15) is 11.6 Å². The molecule has 1 aromatic carbocycles. The van der Waals surface area contributed by atoms with E-state index in [0.29, 0.717) is 6.04 Å². The maximum Gasteiger partial charge on any atom is 0.127 e. The molecule has 21 heavy (non-hydrogen) atoms. The summed E-state index contributed by atoms with van der Waals surface area (Å²) in [6, 6.07) is 6.49. The number of halogens is 1. The zero-order valence-corrected chi connectivity index (χ0v) is 13.7. The first kappa shape index (κ1) is 14.7. The molecule has 0 N–H and O–H groups in total. The van der Waals surface area contributed by atoms with Crippen LogP contribution in [0.4, 0.5) is 0 Å². The van der Waals surface area contributed by atoms with Crippen molar-refractivity contribution in [3.8, 4) is 5.75 Å². The number of alkyl halides is 1. The third-order valence-corrected chi connectivity index (χ3v) is 4.96. The third-order valence-electron chi connectivity index (χ3n) is 4.77. The van der Waals surface area contributed by atoms with Crippen LogP contribution in [0.15, 0.2) is 18.2 Å². The van der Waals surface area contributed by atoms with Crippen LogP contribution in [0, 0.1) is 5.92 Å². The van der Waals surface area contributed by atoms with Gasteiger partial charge in [-0.1, -0.05) is 12.8 Å². The van der Waals surface area contributed by atoms with Crippen molar-refractivity contribution < 1.29 is 4.74 Å². The molecule has 3 rings (SSSR count). The van der Waals surface area contributed by atoms with Crippen molar-refractivity contribution in [1.29, 1.82) is 0 Å². The first-order valence-corrected chi connectivity index (χ1v) is 8.25. The van der Waals surface area contributed by atoms with Crippen molar-refractivity contribution in [1.82, 2.24) is 9.55 Å². The van der Waals surface area contributed by atoms with Crippen LogP contribution in [0.2, 0.25) is 0 Å². The summed E-state index contributed by atoms with van der Waals surface area (Å²) in [5, 5.41) is -0.0905. The maximum absolute atomic E-state index is 6.39. The largest absolute Gasteiger partial charge is 0.497 e. The minimum Gasteiger partial charge on any atom is -0.497 e. The van der Waals surface area contributed by atoms with Crippen LogP contribution in [0.1, 0.15) is 56.8 Å². The zero-order valence-electron chi connectivity index (χ0n) is 13.0. The highest BCUT2D eigenvalue weighted by Crippen LogP contribution is 2.38. The fourth-order valence-corrected chi connectivity index (χ4v) is 3.73. The lowest BCUT2D eigenvalue weighted by Gasteiger charge is -2.24. The quantitative estimate of drug-likeness (QED) is 0.735. The summed E-state index contributed by atoms with van der Waals surface area (Å²) in [6.07, 6.45) is 5.30. The average Bonchev–Trinajstić information content (AvgIpc) is 3.13. The lowest BCUT2D eigenvalue weighted by atomic mass is 9.99. The molecule has 2 atom stereocenters. The lowest BCUT2D eigenvalue weighted by Crippen LogP contribution is -2.17. The minimum absolute atomic E-state index is 0.0905. The summed E-state index contributed by atoms with van der Waals surface area (Å²) in [5.41, 5.74) is 2.14. The highest BCUT2D eigenvalue weighted by Gasteiger charge is 2.27. The van der Waals surface area contributed by atoms with Crippen molar-refractivity contribution in [2.45, 2.75) is 50.9 Å². The van der Waals surface area contributed by atoms with Crippen LogP contribution < -0.4 is 4.74 Å². The Morgan fingerprint density at radius 1 is 1.29 bits per heavy atom. The van der Waals surface area contributed by atoms with Crippen molar-refractivity contribution in [3.63, 3.8) is 0 Å². The van der Waals surface area contributed by atoms with Gasteiger partial charge in [0, 0.05) is 12.1 Å². The molecule has 114 valence electrons. The smallest absolute Gasteiger partial charge is 0.127 e. The Hall–Kier alpha value is -1.22. The Balaban J connectivity index is 2.13. The van der Waals surface area contributed by atoms with Gasteiger partial charge >= 0.3 is 0 Å². The molecule has 0 bridgehead atoms. The van der Waals surface area contributed by atoms with Gasteiger partial charge in [-0.25, -0.2) is 4.98 Å². The van der Waals surface area contributed by atoms with Gasteiger partial charge in [0.25, 0.3) is 0 Å². The molecule has 1 aliphatic carbocycles. The highest BCUT2D eigenvalue weighted by atomic mass is 35.5. The molecule has 2 aromatic rings. The van der Waals surface area contributed by atoms with Crippen LogP contribution >= 0.6 is 11.6 Å². The summed E-state index contributed by atoms with van der Waals surface area (Å²) in [7, 11) is 1.70. The predicted molar refractivity (Wildman–Crippen MR) is 87.2 cm³/mol. The predicted octanol–water partition coefficient (Wildman–Crippen LogP) is 5.10. The van der Waals surface area contributed by atoms with Crippen LogP contribution in [0.3, 0.4) is 0 Å². The lowest BCUT2D eigenvalue weighted by molar-refractivity contribution is 0.359. The topological polar surface area (TPSA) is 27.1 Å². The van der Waals surface area contributed by atoms with Crippen molar-refractivity contribution in [2.75, 3.05) is 7.11 Å². The summed E-state index contributed by atoms with van der Waals surface area (Å²) in [6.45, 7) is 4.30. The fraction of sp³-hybridized carbons (Fsp3) is 0.588. The van der Waals surface area contributed by atoms with E-state index in [1.165, 1.54) is 25.7 Å². The number of methoxy groups -OCH3 is 1. The minimum atomic E-state index is -0.0905. The first-order chi connectivity index (χ1) is 10.1. The number of fused-ring (bicyclic) bond motifs is 1. The molecule has 1 heterocycles. The van der Waals surface area contributed by atoms with Gasteiger partial charge in [-0.05, 0) is 44.7 Å². The fourth-order valence-electron chi connectivity index (χ4n) is 3.58. The Labute approximate surface area is 131 Å². The molecule has 0 radical (unpaired) electrons. The molecule has 4 heteroatoms. The maximum atomic E-state index is 6.39. The van der Waals surface area contributed by atoms with E-state index >= 15 is 0 Å². The van der Waals surface area contributed by atoms with Crippen molar-refractivity contribution >= 4 is 22.6 Å². The number of imidazole rings is 1. The van der Waals surface area contributed by atoms with Crippen LogP contribution in [0.25, 0.3) is 11.0 Å². The second kappa shape index (κ2) is 5.88. The number of nitrogens with zero attached hydrogens (tertiary/aromatic N) is 2. The molecule has 1 fully saturated rings. The third kappa shape index (κ3) is 2.64. The summed E-state index contributed by atoms with van der Waals surface area (Å²) in [4.78, 5) is 4.76. The molecule has 1 aromatic heterocycles. The molecule has 0 saturated heterocycles. The van der Waals surface area contributed by atoms with E-state index in [1.54, 1.807) is 7.11 Å². The highest BCUT2D eigenvalue weighted by molar-refractivity contribution is 6.20. The molecule has 1 saturated carbocycles. The standard InChI is InChI=1S/C17H23ClN2O/c1-11(18)17-19-15-9-8-14(21-3)10-16(15)20(17)12(2)13-6-4-5-7-13/h8-13H,4-7H2,1-3H3. The number of rotatable bonds is 4. The van der Waals surface area contributed by atoms with Gasteiger partial charge in [-0.3, -0.25) is 0 Å². The second-order valence-electron chi connectivity index (χ2n) is 6.10. The number of aromatic nitrogens is 2. The van der Waals surface area contributed by atoms with E-state index in [1.807, 2.05) is 19.1 Å². The second-order valence-corrected chi connectivity index (χ2v) is 6.75. The van der Waals surface area contributed by atoms with Gasteiger partial charge < -0.3 is 9.30 Å². The number of hydrogen-bond acceptors (Lipinski definition) is 2. The van der Waals surface area contributed by atoms with E-state index < -0.39 is 0 Å². The van der Waals surface area contributed by atoms with Gasteiger partial charge in [-0.15, -0.1) is 11.6 Å². The van der Waals surface area contributed by atoms with Gasteiger partial charge in [0.15, 0.2) is 0 Å². The normalized spacial score (nSPS) is 19.0. The molecular weight excluding hydrogens is 284 g/mol. The van der Waals surface area contributed by atoms with E-state index in [4.69, 9.17) is 21.3 Å². The Kier molecular flexibility index (Phi) is 4.12. The zero-order chi connectivity index (χ0) is 15.0. The number of hydrogen-bond donors (Lipinski definition) is 0. The van der Waals surface area contributed by atoms with E-state index in [-0.39, 0.29) is 5.38 Å². The Bertz CT molecular complexity index is 629. The molecule has 0 aliphatic heterocycles. The molecule has 1 aliphatic rings. The van der Waals surface area contributed by atoms with Gasteiger partial charge in [0.05, 0.1) is 23.5 Å². The molecular formula is C17H23ClN2O. The molecule has 3 nitrogen and oxygen atoms in total. The average molecular weight is 307 g/mol. The van der Waals surface area contributed by atoms with E-state index in [2.05, 4.69) is 17.6 Å². The number of benzene rings is 1. The summed E-state index contributed by atoms with van der Waals surface area (Å²) >= 11 is 6.39. The van der Waals surface area contributed by atoms with Crippen molar-refractivity contribution in [2.24, 2.45) is 5.92 Å². The first-order valence-electron chi connectivity index (χ1n) is 7.81. The monoisotopic (exact) mass is 306 g/mol. The molecule has 0 amide bonds. The van der Waals surface area contributed by atoms with Gasteiger partial charge in [-0.2, -0.15) is 0 Å². The molecule has 2 unspecified atom stereocenters. The summed E-state index contributed by atoms with van der Waals surface area (Å²) in [5.74, 6) is 2.57. The SMILES string of the molecule is COc1ccc2nc(C(C)Cl)n(C(C)C3CCCC3)c2c1. The Morgan fingerprint density at radius 3 is 2.62 bits per heavy atom. The molecule has 0 spiro atoms. The van der Waals surface area contributed by atoms with Crippen LogP contribution in [-0.4, -0.2) is 16.7 Å². The number of ether oxygens (including phenoxy) is 1. The summed E-state index contributed by atoms with van der Waals surface area (Å²) < 4.78 is 7.72. The Morgan fingerprint density at radius 2 is 2.00 bits per heavy atom. The van der Waals surface area contributed by atoms with Crippen LogP contribution in [0.5, 0.6) is 5.75 Å². The van der Waals surface area contributed by atoms with Crippen molar-refractivity contribution in [3.05, 3.63) is 24.0 Å². The van der Waals surface area contributed by atoms with E-state index in [0.717, 1.165) is 28.5 Å².